The van der Waals surface area contributed by atoms with E-state index in [0.29, 0.717) is 80.7 Å². The number of hydrogen-bond acceptors (Lipinski definition) is 24. The van der Waals surface area contributed by atoms with E-state index in [1.165, 1.54) is 76.0 Å². The Labute approximate surface area is 733 Å². The monoisotopic (exact) mass is 1760 g/mol. The van der Waals surface area contributed by atoms with Gasteiger partial charge in [-0.15, -0.1) is 0 Å². The molecule has 4 fully saturated rings. The van der Waals surface area contributed by atoms with Gasteiger partial charge in [0, 0.05) is 112 Å². The fourth-order valence-electron chi connectivity index (χ4n) is 16.7. The molecule has 123 heavy (non-hydrogen) atoms. The third kappa shape index (κ3) is 26.6. The van der Waals surface area contributed by atoms with Crippen LogP contribution < -0.4 is 29.9 Å². The summed E-state index contributed by atoms with van der Waals surface area (Å²) in [6.45, 7) is 19.3. The summed E-state index contributed by atoms with van der Waals surface area (Å²) in [5, 5.41) is 30.2. The van der Waals surface area contributed by atoms with Gasteiger partial charge in [-0.2, -0.15) is 0 Å². The Bertz CT molecular complexity index is 4030. The van der Waals surface area contributed by atoms with Crippen LogP contribution in [0.15, 0.2) is 71.9 Å². The lowest BCUT2D eigenvalue weighted by molar-refractivity contribution is -0.188. The van der Waals surface area contributed by atoms with E-state index < -0.39 is 149 Å². The number of rotatable bonds is 30. The number of nitrogens with one attached hydrogen (secondary N) is 2. The second kappa shape index (κ2) is 43.6. The minimum atomic E-state index is -1.65. The van der Waals surface area contributed by atoms with Crippen LogP contribution in [-0.2, 0) is 103 Å². The van der Waals surface area contributed by atoms with Crippen LogP contribution >= 0.6 is 23.2 Å². The molecule has 6 aliphatic heterocycles. The Balaban J connectivity index is 0.781. The molecule has 4 N–H and O–H groups in total. The number of nitrogens with zero attached hydrogens (tertiary/aromatic N) is 4. The number of Topliss-reactive ketones (excluding diaryl/α,β-unsaturated/α-hetero) is 1. The van der Waals surface area contributed by atoms with Crippen LogP contribution in [0.5, 0.6) is 11.5 Å². The number of allylic oxidation sites excluding steroid dienone is 6. The van der Waals surface area contributed by atoms with Gasteiger partial charge in [-0.3, -0.25) is 38.4 Å². The molecule has 30 nitrogen and oxygen atoms in total. The number of ketones is 1. The van der Waals surface area contributed by atoms with Crippen molar-refractivity contribution < 1.29 is 115 Å². The minimum absolute atomic E-state index is 0.00369. The first-order valence-corrected chi connectivity index (χ1v) is 43.5. The second-order valence-corrected chi connectivity index (χ2v) is 36.2. The standard InChI is InChI=1S/C91H130Cl2N6O24/c1-53-29-27-32-69(115-18)90(111)49-67(117-78(106)51-90)55(3)82-88(10,121-82)71(47-76(104)98(14)63-43-59(41-53)45-65(113-16)80(63)92)119-84(108)57(5)96(12)74(102)34-24-21-20-23-31-62(100)38-36-61(95-86(110)123-87(7,8)9)37-39-73(101)94-40-26-22-25-35-75(103)97(13)58(6)85(109)120-72-48-77(105)99(15)64-44-60(46-66(114-17)81(64)93)42-54(2)30-28-33-70(116-19)91(112)50-68(118-79(107)52-91)56(4)83-89(72,11)122-83/h27-30,32-33,43-46,55-58,61,67-72,82-83,111-112H,20-26,31,34-42,47-52H2,1-19H3,(H,94,101)(H,95,110)/b32-27+,33-28+,53-29+,54-30+/t55-,56-,57+,58+,61?,67?,68?,69-,70-,71+,72+,82?,83?,88+,89+,90-,91-/m1/s1. The van der Waals surface area contributed by atoms with E-state index in [-0.39, 0.29) is 124 Å². The summed E-state index contributed by atoms with van der Waals surface area (Å²) in [5.41, 5.74) is -2.70. The van der Waals surface area contributed by atoms with E-state index in [1.807, 2.05) is 26.0 Å². The van der Waals surface area contributed by atoms with Crippen LogP contribution in [-0.4, -0.2) is 243 Å². The van der Waals surface area contributed by atoms with E-state index in [1.54, 1.807) is 111 Å². The zero-order chi connectivity index (χ0) is 91.0. The number of ether oxygens (including phenoxy) is 11. The number of anilines is 2. The second-order valence-electron chi connectivity index (χ2n) is 35.5. The van der Waals surface area contributed by atoms with Gasteiger partial charge < -0.3 is 92.6 Å². The topological polar surface area (TPSA) is 373 Å². The van der Waals surface area contributed by atoms with Crippen LogP contribution in [0.25, 0.3) is 0 Å². The predicted molar refractivity (Wildman–Crippen MR) is 460 cm³/mol. The van der Waals surface area contributed by atoms with E-state index in [9.17, 15) is 63.0 Å². The zero-order valence-corrected chi connectivity index (χ0v) is 76.5. The average Bonchev–Trinajstić information content (AvgIpc) is 1.57. The van der Waals surface area contributed by atoms with Crippen LogP contribution in [0.3, 0.4) is 0 Å². The quantitative estimate of drug-likeness (QED) is 0.0244. The molecule has 6 amide bonds. The third-order valence-corrected chi connectivity index (χ3v) is 25.5. The van der Waals surface area contributed by atoms with Crippen molar-refractivity contribution in [1.82, 2.24) is 20.4 Å². The average molecular weight is 1760 g/mol. The maximum atomic E-state index is 14.5. The van der Waals surface area contributed by atoms with Crippen molar-refractivity contribution in [3.05, 3.63) is 93.0 Å². The number of likely N-dealkylation sites (N-methyl/N-ethyl adjacent to an activating group) is 2. The van der Waals surface area contributed by atoms with Crippen LogP contribution in [0.4, 0.5) is 16.2 Å². The summed E-state index contributed by atoms with van der Waals surface area (Å²) < 4.78 is 65.3. The summed E-state index contributed by atoms with van der Waals surface area (Å²) in [4.78, 5) is 157. The predicted octanol–water partition coefficient (Wildman–Crippen LogP) is 11.6. The van der Waals surface area contributed by atoms with Gasteiger partial charge in [-0.25, -0.2) is 14.4 Å². The first kappa shape index (κ1) is 99.9. The Morgan fingerprint density at radius 1 is 0.602 bits per heavy atom. The van der Waals surface area contributed by atoms with Gasteiger partial charge in [-0.1, -0.05) is 104 Å². The molecule has 0 aliphatic carbocycles. The number of carbonyl (C=O) groups is 11. The lowest BCUT2D eigenvalue weighted by Crippen LogP contribution is -2.53. The van der Waals surface area contributed by atoms with Crippen molar-refractivity contribution in [3.63, 3.8) is 0 Å². The third-order valence-electron chi connectivity index (χ3n) is 24.8. The molecule has 6 aliphatic rings. The summed E-state index contributed by atoms with van der Waals surface area (Å²) in [6, 6.07) is 4.29. The number of unbranched alkanes of at least 4 members (excludes halogenated alkanes) is 5. The molecule has 682 valence electrons. The van der Waals surface area contributed by atoms with Gasteiger partial charge in [0.05, 0.1) is 63.5 Å². The maximum absolute atomic E-state index is 14.5. The number of carbonyl (C=O) groups excluding carboxylic acids is 11. The van der Waals surface area contributed by atoms with Crippen LogP contribution in [0.1, 0.15) is 216 Å². The van der Waals surface area contributed by atoms with E-state index in [0.717, 1.165) is 22.3 Å². The molecule has 0 aromatic heterocycles. The molecule has 0 radical (unpaired) electrons. The molecular formula is C91H130Cl2N6O24. The number of benzene rings is 2. The highest BCUT2D eigenvalue weighted by molar-refractivity contribution is 6.36. The van der Waals surface area contributed by atoms with Crippen LogP contribution in [0, 0.1) is 11.8 Å². The smallest absolute Gasteiger partial charge is 0.407 e. The van der Waals surface area contributed by atoms with Crippen molar-refractivity contribution in [2.45, 2.75) is 312 Å². The number of methoxy groups -OCH3 is 4. The number of fused-ring (bicyclic) bond motifs is 10. The number of esters is 4. The molecule has 6 heterocycles. The van der Waals surface area contributed by atoms with E-state index in [2.05, 4.69) is 10.6 Å². The number of amides is 6. The number of epoxide rings is 2. The highest BCUT2D eigenvalue weighted by atomic mass is 35.5. The molecular weight excluding hydrogens is 1630 g/mol. The molecule has 0 spiro atoms. The normalized spacial score (nSPS) is 29.0. The fraction of sp³-hybridized carbons (Fsp3) is 0.659. The van der Waals surface area contributed by atoms with Crippen molar-refractivity contribution in [2.24, 2.45) is 11.8 Å². The number of aliphatic hydroxyl groups is 2. The Hall–Kier alpha value is -8.49. The molecule has 8 rings (SSSR count). The van der Waals surface area contributed by atoms with E-state index >= 15 is 0 Å². The first-order valence-electron chi connectivity index (χ1n) is 42.7. The number of halogens is 2. The molecule has 8 bridgehead atoms. The number of hydrogen-bond donors (Lipinski definition) is 4. The van der Waals surface area contributed by atoms with Crippen molar-refractivity contribution >= 4 is 99.9 Å². The minimum Gasteiger partial charge on any atom is -0.495 e. The summed E-state index contributed by atoms with van der Waals surface area (Å²) >= 11 is 13.8. The molecule has 17 atom stereocenters. The molecule has 2 aromatic carbocycles. The maximum Gasteiger partial charge on any atom is 0.407 e. The lowest BCUT2D eigenvalue weighted by Gasteiger charge is -2.41. The van der Waals surface area contributed by atoms with Gasteiger partial charge >= 0.3 is 30.0 Å². The summed E-state index contributed by atoms with van der Waals surface area (Å²) in [7, 11) is 11.9. The van der Waals surface area contributed by atoms with Crippen LogP contribution in [0.2, 0.25) is 10.0 Å². The Morgan fingerprint density at radius 3 is 1.41 bits per heavy atom. The molecule has 5 unspecified atom stereocenters. The number of alkyl carbamates (subject to hydrolysis) is 1. The lowest BCUT2D eigenvalue weighted by atomic mass is 9.78. The highest BCUT2D eigenvalue weighted by Gasteiger charge is 2.66. The van der Waals surface area contributed by atoms with E-state index in [4.69, 9.17) is 75.3 Å². The Kier molecular flexibility index (Phi) is 35.4. The fourth-order valence-corrected chi connectivity index (χ4v) is 17.3. The van der Waals surface area contributed by atoms with Gasteiger partial charge in [0.1, 0.15) is 104 Å². The van der Waals surface area contributed by atoms with Gasteiger partial charge in [0.15, 0.2) is 0 Å². The summed E-state index contributed by atoms with van der Waals surface area (Å²) in [6.07, 6.45) is 6.53. The van der Waals surface area contributed by atoms with Gasteiger partial charge in [-0.05, 0) is 149 Å². The highest BCUT2D eigenvalue weighted by Crippen LogP contribution is 2.52. The first-order chi connectivity index (χ1) is 57.8. The molecule has 0 saturated carbocycles. The Morgan fingerprint density at radius 2 is 1.01 bits per heavy atom. The van der Waals surface area contributed by atoms with Crippen molar-refractivity contribution in [1.29, 1.82) is 0 Å². The van der Waals surface area contributed by atoms with Gasteiger partial charge in [0.25, 0.3) is 0 Å². The SMILES string of the molecule is COc1cc2cc(c1Cl)N(C)C(=O)C[C@H](OC(=O)[C@H](C)N(C)C(=O)CCCCCCC(=O)CCC(CCC(=O)NCCCCCC(=O)N(C)[C@@H](C)C(=O)O[C@H]1CC(=O)N(C)c3cc(cc(OC)c3Cl)C/C(C)=C/C=C/[C@@H](OC)[C@]3(O)CC(=O)OC(C3)[C@@H](C)C3O[C@]31C)NC(=O)OC(C)(C)C)[C@]1(C)OC1[C@H](C)C1C[C@@](O)(CC(=O)O1)[C@H](OC)/C=C/C=C(\C)C2. The van der Waals surface area contributed by atoms with Crippen molar-refractivity contribution in [2.75, 3.05) is 73.0 Å². The van der Waals surface area contributed by atoms with Crippen molar-refractivity contribution in [3.8, 4) is 11.5 Å². The zero-order valence-electron chi connectivity index (χ0n) is 75.0. The largest absolute Gasteiger partial charge is 0.495 e. The molecule has 32 heteroatoms. The van der Waals surface area contributed by atoms with Gasteiger partial charge in [0.2, 0.25) is 29.5 Å². The molecule has 4 saturated heterocycles. The summed E-state index contributed by atoms with van der Waals surface area (Å²) in [5.74, 6) is -5.37. The molecule has 2 aromatic rings.